The summed E-state index contributed by atoms with van der Waals surface area (Å²) in [6, 6.07) is 7.65. The zero-order valence-electron chi connectivity index (χ0n) is 9.33. The minimum Gasteiger partial charge on any atom is -0.298 e. The Hall–Kier alpha value is -0.860. The van der Waals surface area contributed by atoms with Gasteiger partial charge in [-0.2, -0.15) is 0 Å². The molecule has 0 radical (unpaired) electrons. The summed E-state index contributed by atoms with van der Waals surface area (Å²) in [7, 11) is 1.94. The van der Waals surface area contributed by atoms with Gasteiger partial charge in [-0.1, -0.05) is 23.7 Å². The Labute approximate surface area is 95.8 Å². The Kier molecular flexibility index (Phi) is 4.30. The Morgan fingerprint density at radius 2 is 2.20 bits per heavy atom. The van der Waals surface area contributed by atoms with Gasteiger partial charge in [0, 0.05) is 11.6 Å². The van der Waals surface area contributed by atoms with E-state index in [-0.39, 0.29) is 11.8 Å². The SMILES string of the molecule is CC(=O)C(C)N(C)Cc1cccc(Cl)c1. The number of ketones is 1. The summed E-state index contributed by atoms with van der Waals surface area (Å²) in [5, 5.41) is 0.733. The van der Waals surface area contributed by atoms with Gasteiger partial charge in [0.1, 0.15) is 5.78 Å². The van der Waals surface area contributed by atoms with Crippen molar-refractivity contribution in [2.75, 3.05) is 7.05 Å². The number of benzene rings is 1. The molecular formula is C12H16ClNO. The molecule has 15 heavy (non-hydrogen) atoms. The van der Waals surface area contributed by atoms with Crippen molar-refractivity contribution in [1.82, 2.24) is 4.90 Å². The normalized spacial score (nSPS) is 12.9. The van der Waals surface area contributed by atoms with Crippen LogP contribution in [0.5, 0.6) is 0 Å². The zero-order valence-corrected chi connectivity index (χ0v) is 10.1. The van der Waals surface area contributed by atoms with E-state index in [4.69, 9.17) is 11.6 Å². The lowest BCUT2D eigenvalue weighted by molar-refractivity contribution is -0.121. The van der Waals surface area contributed by atoms with Crippen LogP contribution >= 0.6 is 11.6 Å². The van der Waals surface area contributed by atoms with E-state index in [1.54, 1.807) is 6.92 Å². The summed E-state index contributed by atoms with van der Waals surface area (Å²) in [6.45, 7) is 4.26. The highest BCUT2D eigenvalue weighted by atomic mass is 35.5. The van der Waals surface area contributed by atoms with Gasteiger partial charge in [0.25, 0.3) is 0 Å². The first-order valence-electron chi connectivity index (χ1n) is 4.96. The van der Waals surface area contributed by atoms with Crippen molar-refractivity contribution in [3.05, 3.63) is 34.9 Å². The molecule has 0 aliphatic carbocycles. The van der Waals surface area contributed by atoms with Crippen LogP contribution in [0.4, 0.5) is 0 Å². The van der Waals surface area contributed by atoms with Crippen molar-refractivity contribution >= 4 is 17.4 Å². The number of nitrogens with zero attached hydrogens (tertiary/aromatic N) is 1. The Morgan fingerprint density at radius 1 is 1.53 bits per heavy atom. The van der Waals surface area contributed by atoms with Crippen LogP contribution in [0, 0.1) is 0 Å². The van der Waals surface area contributed by atoms with Crippen LogP contribution in [-0.2, 0) is 11.3 Å². The number of carbonyl (C=O) groups is 1. The van der Waals surface area contributed by atoms with Gasteiger partial charge >= 0.3 is 0 Å². The second-order valence-corrected chi connectivity index (χ2v) is 4.27. The molecule has 82 valence electrons. The van der Waals surface area contributed by atoms with Gasteiger partial charge in [-0.05, 0) is 38.6 Å². The summed E-state index contributed by atoms with van der Waals surface area (Å²) in [5.74, 6) is 0.180. The third-order valence-corrected chi connectivity index (χ3v) is 2.81. The average molecular weight is 226 g/mol. The maximum absolute atomic E-state index is 11.2. The third kappa shape index (κ3) is 3.65. The van der Waals surface area contributed by atoms with Gasteiger partial charge in [0.15, 0.2) is 0 Å². The molecule has 1 atom stereocenters. The molecule has 1 rings (SSSR count). The van der Waals surface area contributed by atoms with Crippen LogP contribution in [0.1, 0.15) is 19.4 Å². The largest absolute Gasteiger partial charge is 0.298 e. The molecule has 1 aromatic carbocycles. The predicted molar refractivity (Wildman–Crippen MR) is 63.1 cm³/mol. The van der Waals surface area contributed by atoms with E-state index >= 15 is 0 Å². The van der Waals surface area contributed by atoms with Crippen LogP contribution < -0.4 is 0 Å². The highest BCUT2D eigenvalue weighted by molar-refractivity contribution is 6.30. The lowest BCUT2D eigenvalue weighted by Crippen LogP contribution is -2.33. The lowest BCUT2D eigenvalue weighted by atomic mass is 10.1. The monoisotopic (exact) mass is 225 g/mol. The minimum absolute atomic E-state index is 0.0519. The summed E-state index contributed by atoms with van der Waals surface area (Å²) < 4.78 is 0. The molecule has 1 aromatic rings. The van der Waals surface area contributed by atoms with Crippen LogP contribution in [0.3, 0.4) is 0 Å². The number of Topliss-reactive ketones (excluding diaryl/α,β-unsaturated/α-hetero) is 1. The van der Waals surface area contributed by atoms with Crippen molar-refractivity contribution in [3.63, 3.8) is 0 Å². The fourth-order valence-corrected chi connectivity index (χ4v) is 1.58. The molecule has 0 N–H and O–H groups in total. The second kappa shape index (κ2) is 5.29. The highest BCUT2D eigenvalue weighted by Gasteiger charge is 2.13. The molecule has 0 saturated carbocycles. The first kappa shape index (κ1) is 12.2. The van der Waals surface area contributed by atoms with Crippen molar-refractivity contribution in [1.29, 1.82) is 0 Å². The molecule has 0 amide bonds. The van der Waals surface area contributed by atoms with E-state index in [9.17, 15) is 4.79 Å². The van der Waals surface area contributed by atoms with E-state index < -0.39 is 0 Å². The molecule has 0 aromatic heterocycles. The number of carbonyl (C=O) groups excluding carboxylic acids is 1. The van der Waals surface area contributed by atoms with Gasteiger partial charge in [-0.25, -0.2) is 0 Å². The van der Waals surface area contributed by atoms with Crippen LogP contribution in [0.2, 0.25) is 5.02 Å². The number of hydrogen-bond acceptors (Lipinski definition) is 2. The first-order chi connectivity index (χ1) is 7.00. The molecule has 0 bridgehead atoms. The van der Waals surface area contributed by atoms with Gasteiger partial charge in [-0.3, -0.25) is 9.69 Å². The van der Waals surface area contributed by atoms with E-state index in [1.165, 1.54) is 0 Å². The molecule has 0 spiro atoms. The zero-order chi connectivity index (χ0) is 11.4. The molecule has 0 fully saturated rings. The van der Waals surface area contributed by atoms with Crippen LogP contribution in [-0.4, -0.2) is 23.8 Å². The minimum atomic E-state index is -0.0519. The lowest BCUT2D eigenvalue weighted by Gasteiger charge is -2.22. The van der Waals surface area contributed by atoms with E-state index in [2.05, 4.69) is 0 Å². The number of halogens is 1. The first-order valence-corrected chi connectivity index (χ1v) is 5.33. The van der Waals surface area contributed by atoms with Crippen LogP contribution in [0.25, 0.3) is 0 Å². The average Bonchev–Trinajstić information content (AvgIpc) is 2.16. The van der Waals surface area contributed by atoms with Gasteiger partial charge in [0.05, 0.1) is 6.04 Å². The maximum Gasteiger partial charge on any atom is 0.146 e. The molecule has 0 aliphatic heterocycles. The molecule has 2 nitrogen and oxygen atoms in total. The standard InChI is InChI=1S/C12H16ClNO/c1-9(10(2)15)14(3)8-11-5-4-6-12(13)7-11/h4-7,9H,8H2,1-3H3. The molecule has 0 heterocycles. The van der Waals surface area contributed by atoms with E-state index in [0.717, 1.165) is 17.1 Å². The van der Waals surface area contributed by atoms with E-state index in [0.29, 0.717) is 0 Å². The van der Waals surface area contributed by atoms with Crippen molar-refractivity contribution in [2.24, 2.45) is 0 Å². The van der Waals surface area contributed by atoms with Crippen LogP contribution in [0.15, 0.2) is 24.3 Å². The fourth-order valence-electron chi connectivity index (χ4n) is 1.37. The highest BCUT2D eigenvalue weighted by Crippen LogP contribution is 2.13. The van der Waals surface area contributed by atoms with Gasteiger partial charge in [0.2, 0.25) is 0 Å². The summed E-state index contributed by atoms with van der Waals surface area (Å²) in [5.41, 5.74) is 1.12. The van der Waals surface area contributed by atoms with Crippen molar-refractivity contribution in [2.45, 2.75) is 26.4 Å². The van der Waals surface area contributed by atoms with Crippen molar-refractivity contribution in [3.8, 4) is 0 Å². The maximum atomic E-state index is 11.2. The summed E-state index contributed by atoms with van der Waals surface area (Å²) in [6.07, 6.45) is 0. The molecular weight excluding hydrogens is 210 g/mol. The van der Waals surface area contributed by atoms with Crippen molar-refractivity contribution < 1.29 is 4.79 Å². The Bertz CT molecular complexity index is 351. The number of hydrogen-bond donors (Lipinski definition) is 0. The number of rotatable bonds is 4. The predicted octanol–water partition coefficient (Wildman–Crippen LogP) is 2.75. The fraction of sp³-hybridized carbons (Fsp3) is 0.417. The topological polar surface area (TPSA) is 20.3 Å². The third-order valence-electron chi connectivity index (χ3n) is 2.57. The summed E-state index contributed by atoms with van der Waals surface area (Å²) >= 11 is 5.88. The van der Waals surface area contributed by atoms with E-state index in [1.807, 2.05) is 43.1 Å². The molecule has 0 aliphatic rings. The number of likely N-dealkylation sites (N-methyl/N-ethyl adjacent to an activating group) is 1. The Balaban J connectivity index is 2.66. The van der Waals surface area contributed by atoms with Gasteiger partial charge < -0.3 is 0 Å². The molecule has 3 heteroatoms. The quantitative estimate of drug-likeness (QED) is 0.786. The molecule has 0 saturated heterocycles. The Morgan fingerprint density at radius 3 is 2.73 bits per heavy atom. The smallest absolute Gasteiger partial charge is 0.146 e. The molecule has 1 unspecified atom stereocenters. The summed E-state index contributed by atoms with van der Waals surface area (Å²) in [4.78, 5) is 13.2. The van der Waals surface area contributed by atoms with Gasteiger partial charge in [-0.15, -0.1) is 0 Å². The second-order valence-electron chi connectivity index (χ2n) is 3.83.